The Balaban J connectivity index is 4.95. The van der Waals surface area contributed by atoms with Gasteiger partial charge in [0, 0.05) is 5.71 Å². The van der Waals surface area contributed by atoms with E-state index in [1.165, 1.54) is 11.1 Å². The second-order valence-electron chi connectivity index (χ2n) is 2.97. The molecular weight excluding hydrogens is 134 g/mol. The van der Waals surface area contributed by atoms with E-state index in [9.17, 15) is 0 Å². The Morgan fingerprint density at radius 2 is 1.55 bits per heavy atom. The van der Waals surface area contributed by atoms with Gasteiger partial charge in [-0.1, -0.05) is 11.6 Å². The quantitative estimate of drug-likeness (QED) is 0.462. The van der Waals surface area contributed by atoms with Crippen LogP contribution in [0.3, 0.4) is 0 Å². The van der Waals surface area contributed by atoms with Crippen LogP contribution in [0.25, 0.3) is 0 Å². The lowest BCUT2D eigenvalue weighted by Crippen LogP contribution is -1.99. The molecule has 0 aromatic heterocycles. The predicted octanol–water partition coefficient (Wildman–Crippen LogP) is 3.33. The van der Waals surface area contributed by atoms with Crippen LogP contribution in [0.15, 0.2) is 22.8 Å². The van der Waals surface area contributed by atoms with Gasteiger partial charge in [0.25, 0.3) is 0 Å². The van der Waals surface area contributed by atoms with Gasteiger partial charge in [0.1, 0.15) is 0 Å². The molecule has 0 radical (unpaired) electrons. The van der Waals surface area contributed by atoms with Crippen LogP contribution in [0.4, 0.5) is 0 Å². The van der Waals surface area contributed by atoms with Gasteiger partial charge in [0.2, 0.25) is 0 Å². The molecule has 0 heterocycles. The molecular formula is C10H17N. The lowest BCUT2D eigenvalue weighted by atomic mass is 9.99. The fourth-order valence-electron chi connectivity index (χ4n) is 1.21. The molecule has 0 aliphatic rings. The average molecular weight is 151 g/mol. The summed E-state index contributed by atoms with van der Waals surface area (Å²) in [4.78, 5) is 0. The SMILES string of the molecule is C/C=C(\C)C(C(C)=N)=C(C)C. The maximum atomic E-state index is 7.52. The molecule has 62 valence electrons. The van der Waals surface area contributed by atoms with E-state index >= 15 is 0 Å². The normalized spacial score (nSPS) is 11.2. The molecule has 0 saturated carbocycles. The molecule has 0 aromatic rings. The molecule has 0 fully saturated rings. The zero-order chi connectivity index (χ0) is 9.02. The summed E-state index contributed by atoms with van der Waals surface area (Å²) in [5, 5.41) is 7.52. The Kier molecular flexibility index (Phi) is 3.80. The van der Waals surface area contributed by atoms with Gasteiger partial charge in [0.05, 0.1) is 0 Å². The smallest absolute Gasteiger partial charge is 0.0357 e. The van der Waals surface area contributed by atoms with Gasteiger partial charge in [-0.2, -0.15) is 0 Å². The summed E-state index contributed by atoms with van der Waals surface area (Å²) in [6.07, 6.45) is 2.04. The van der Waals surface area contributed by atoms with Gasteiger partial charge in [0.15, 0.2) is 0 Å². The van der Waals surface area contributed by atoms with Crippen molar-refractivity contribution < 1.29 is 0 Å². The Morgan fingerprint density at radius 1 is 1.09 bits per heavy atom. The van der Waals surface area contributed by atoms with Crippen molar-refractivity contribution in [3.8, 4) is 0 Å². The lowest BCUT2D eigenvalue weighted by Gasteiger charge is -2.07. The van der Waals surface area contributed by atoms with Crippen molar-refractivity contribution in [3.63, 3.8) is 0 Å². The number of allylic oxidation sites excluding steroid dienone is 4. The molecule has 0 bridgehead atoms. The highest BCUT2D eigenvalue weighted by Gasteiger charge is 2.02. The molecule has 0 aliphatic heterocycles. The first kappa shape index (κ1) is 10.2. The molecule has 1 nitrogen and oxygen atoms in total. The van der Waals surface area contributed by atoms with Gasteiger partial charge in [-0.05, 0) is 45.8 Å². The van der Waals surface area contributed by atoms with Gasteiger partial charge in [-0.15, -0.1) is 0 Å². The van der Waals surface area contributed by atoms with E-state index in [1.807, 2.05) is 40.7 Å². The Bertz CT molecular complexity index is 215. The molecule has 0 atom stereocenters. The average Bonchev–Trinajstić information content (AvgIpc) is 1.85. The van der Waals surface area contributed by atoms with Crippen molar-refractivity contribution in [2.75, 3.05) is 0 Å². The van der Waals surface area contributed by atoms with Crippen molar-refractivity contribution in [3.05, 3.63) is 22.8 Å². The summed E-state index contributed by atoms with van der Waals surface area (Å²) in [5.41, 5.74) is 4.15. The Labute approximate surface area is 69.3 Å². The number of hydrogen-bond acceptors (Lipinski definition) is 1. The van der Waals surface area contributed by atoms with E-state index in [0.29, 0.717) is 5.71 Å². The molecule has 1 heteroatoms. The van der Waals surface area contributed by atoms with Crippen LogP contribution < -0.4 is 0 Å². The van der Waals surface area contributed by atoms with Crippen LogP contribution in [0.2, 0.25) is 0 Å². The van der Waals surface area contributed by atoms with Crippen LogP contribution in [0.1, 0.15) is 34.6 Å². The predicted molar refractivity (Wildman–Crippen MR) is 51.2 cm³/mol. The van der Waals surface area contributed by atoms with Crippen molar-refractivity contribution in [1.29, 1.82) is 5.41 Å². The fraction of sp³-hybridized carbons (Fsp3) is 0.500. The molecule has 0 aromatic carbocycles. The first-order valence-electron chi connectivity index (χ1n) is 3.87. The second kappa shape index (κ2) is 4.12. The van der Waals surface area contributed by atoms with Crippen LogP contribution in [-0.4, -0.2) is 5.71 Å². The Hall–Kier alpha value is -0.850. The van der Waals surface area contributed by atoms with E-state index in [2.05, 4.69) is 0 Å². The molecule has 0 saturated heterocycles. The molecule has 11 heavy (non-hydrogen) atoms. The topological polar surface area (TPSA) is 23.9 Å². The molecule has 0 spiro atoms. The highest BCUT2D eigenvalue weighted by Crippen LogP contribution is 2.14. The largest absolute Gasteiger partial charge is 0.305 e. The monoisotopic (exact) mass is 151 g/mol. The summed E-state index contributed by atoms with van der Waals surface area (Å²) in [6, 6.07) is 0. The van der Waals surface area contributed by atoms with Gasteiger partial charge in [-0.3, -0.25) is 0 Å². The summed E-state index contributed by atoms with van der Waals surface area (Å²) in [7, 11) is 0. The summed E-state index contributed by atoms with van der Waals surface area (Å²) >= 11 is 0. The highest BCUT2D eigenvalue weighted by molar-refractivity contribution is 6.00. The Morgan fingerprint density at radius 3 is 1.64 bits per heavy atom. The standard InChI is InChI=1S/C10H17N/c1-6-8(4)10(7(2)3)9(5)11/h6,11H,1-5H3/b8-6+,11-9?. The minimum atomic E-state index is 0.653. The molecule has 0 unspecified atom stereocenters. The second-order valence-corrected chi connectivity index (χ2v) is 2.97. The summed E-state index contributed by atoms with van der Waals surface area (Å²) in [5.74, 6) is 0. The van der Waals surface area contributed by atoms with Gasteiger partial charge in [-0.25, -0.2) is 0 Å². The van der Waals surface area contributed by atoms with Crippen LogP contribution >= 0.6 is 0 Å². The third-order valence-corrected chi connectivity index (χ3v) is 1.70. The molecule has 0 amide bonds. The van der Waals surface area contributed by atoms with E-state index in [0.717, 1.165) is 5.57 Å². The number of rotatable bonds is 2. The summed E-state index contributed by atoms with van der Waals surface area (Å²) in [6.45, 7) is 9.96. The van der Waals surface area contributed by atoms with Crippen molar-refractivity contribution in [1.82, 2.24) is 0 Å². The summed E-state index contributed by atoms with van der Waals surface area (Å²) < 4.78 is 0. The minimum absolute atomic E-state index is 0.653. The van der Waals surface area contributed by atoms with Crippen molar-refractivity contribution in [2.45, 2.75) is 34.6 Å². The van der Waals surface area contributed by atoms with Gasteiger partial charge < -0.3 is 5.41 Å². The van der Waals surface area contributed by atoms with Crippen molar-refractivity contribution in [2.24, 2.45) is 0 Å². The third kappa shape index (κ3) is 2.71. The maximum Gasteiger partial charge on any atom is 0.0357 e. The number of hydrogen-bond donors (Lipinski definition) is 1. The fourth-order valence-corrected chi connectivity index (χ4v) is 1.21. The van der Waals surface area contributed by atoms with Crippen LogP contribution in [0.5, 0.6) is 0 Å². The third-order valence-electron chi connectivity index (χ3n) is 1.70. The highest BCUT2D eigenvalue weighted by atomic mass is 14.4. The van der Waals surface area contributed by atoms with Crippen molar-refractivity contribution >= 4 is 5.71 Å². The van der Waals surface area contributed by atoms with E-state index in [4.69, 9.17) is 5.41 Å². The molecule has 0 rings (SSSR count). The van der Waals surface area contributed by atoms with Crippen LogP contribution in [-0.2, 0) is 0 Å². The van der Waals surface area contributed by atoms with Gasteiger partial charge >= 0.3 is 0 Å². The zero-order valence-corrected chi connectivity index (χ0v) is 8.08. The first-order chi connectivity index (χ1) is 5.00. The molecule has 0 aliphatic carbocycles. The van der Waals surface area contributed by atoms with E-state index in [-0.39, 0.29) is 0 Å². The first-order valence-corrected chi connectivity index (χ1v) is 3.87. The number of nitrogens with one attached hydrogen (secondary N) is 1. The van der Waals surface area contributed by atoms with E-state index < -0.39 is 0 Å². The zero-order valence-electron chi connectivity index (χ0n) is 8.08. The lowest BCUT2D eigenvalue weighted by molar-refractivity contribution is 1.27. The minimum Gasteiger partial charge on any atom is -0.305 e. The maximum absolute atomic E-state index is 7.52. The molecule has 1 N–H and O–H groups in total. The van der Waals surface area contributed by atoms with E-state index in [1.54, 1.807) is 0 Å². The van der Waals surface area contributed by atoms with Crippen LogP contribution in [0, 0.1) is 5.41 Å².